The van der Waals surface area contributed by atoms with Gasteiger partial charge in [0.05, 0.1) is 6.10 Å². The first-order chi connectivity index (χ1) is 7.39. The van der Waals surface area contributed by atoms with Crippen molar-refractivity contribution in [3.63, 3.8) is 0 Å². The Morgan fingerprint density at radius 3 is 2.56 bits per heavy atom. The van der Waals surface area contributed by atoms with Crippen molar-refractivity contribution in [3.05, 3.63) is 12.2 Å². The molecule has 3 saturated carbocycles. The van der Waals surface area contributed by atoms with Crippen molar-refractivity contribution in [1.29, 1.82) is 0 Å². The fraction of sp³-hybridized carbons (Fsp3) is 0.867. The van der Waals surface area contributed by atoms with Crippen molar-refractivity contribution in [2.24, 2.45) is 28.6 Å². The third kappa shape index (κ3) is 1.01. The molecule has 0 aromatic rings. The number of hydrogen-bond acceptors (Lipinski definition) is 1. The molecule has 0 heterocycles. The summed E-state index contributed by atoms with van der Waals surface area (Å²) in [5, 5.41) is 10.1. The van der Waals surface area contributed by atoms with Crippen molar-refractivity contribution < 1.29 is 5.11 Å². The molecular weight excluding hydrogens is 196 g/mol. The van der Waals surface area contributed by atoms with Gasteiger partial charge in [-0.05, 0) is 59.8 Å². The minimum absolute atomic E-state index is 0.218. The summed E-state index contributed by atoms with van der Waals surface area (Å²) in [4.78, 5) is 0. The monoisotopic (exact) mass is 220 g/mol. The van der Waals surface area contributed by atoms with E-state index in [0.29, 0.717) is 11.3 Å². The quantitative estimate of drug-likeness (QED) is 0.620. The highest BCUT2D eigenvalue weighted by Crippen LogP contribution is 2.72. The van der Waals surface area contributed by atoms with Crippen LogP contribution in [0.3, 0.4) is 0 Å². The predicted molar refractivity (Wildman–Crippen MR) is 66.0 cm³/mol. The van der Waals surface area contributed by atoms with E-state index in [2.05, 4.69) is 27.4 Å². The fourth-order valence-electron chi connectivity index (χ4n) is 5.47. The van der Waals surface area contributed by atoms with Gasteiger partial charge in [-0.2, -0.15) is 0 Å². The summed E-state index contributed by atoms with van der Waals surface area (Å²) in [6, 6.07) is 0. The largest absolute Gasteiger partial charge is 0.389 e. The molecule has 3 fully saturated rings. The van der Waals surface area contributed by atoms with E-state index in [4.69, 9.17) is 0 Å². The van der Waals surface area contributed by atoms with Crippen LogP contribution in [0.5, 0.6) is 0 Å². The molecular formula is C15H24O. The van der Waals surface area contributed by atoms with Crippen LogP contribution in [-0.2, 0) is 0 Å². The third-order valence-electron chi connectivity index (χ3n) is 6.17. The average Bonchev–Trinajstić information content (AvgIpc) is 2.51. The van der Waals surface area contributed by atoms with Gasteiger partial charge < -0.3 is 5.11 Å². The third-order valence-corrected chi connectivity index (χ3v) is 6.17. The lowest BCUT2D eigenvalue weighted by molar-refractivity contribution is 0.0954. The zero-order chi connectivity index (χ0) is 11.7. The van der Waals surface area contributed by atoms with Crippen LogP contribution in [0.25, 0.3) is 0 Å². The van der Waals surface area contributed by atoms with Gasteiger partial charge >= 0.3 is 0 Å². The molecule has 1 unspecified atom stereocenters. The van der Waals surface area contributed by atoms with Gasteiger partial charge in [-0.15, -0.1) is 0 Å². The summed E-state index contributed by atoms with van der Waals surface area (Å²) in [6.45, 7) is 11.5. The van der Waals surface area contributed by atoms with Crippen molar-refractivity contribution in [2.45, 2.75) is 52.6 Å². The fourth-order valence-corrected chi connectivity index (χ4v) is 5.47. The first-order valence-electron chi connectivity index (χ1n) is 6.77. The van der Waals surface area contributed by atoms with E-state index >= 15 is 0 Å². The summed E-state index contributed by atoms with van der Waals surface area (Å²) in [7, 11) is 0. The molecule has 1 N–H and O–H groups in total. The Kier molecular flexibility index (Phi) is 1.98. The van der Waals surface area contributed by atoms with Gasteiger partial charge in [0.2, 0.25) is 0 Å². The molecule has 1 nitrogen and oxygen atoms in total. The van der Waals surface area contributed by atoms with Crippen molar-refractivity contribution in [1.82, 2.24) is 0 Å². The standard InChI is InChI=1S/C15H24O/c1-9-5-6-11-12-7-13(16)10(2)15(9,12)8-14(11,3)4/h9,11-13,16H,2,5-8H2,1,3-4H3/t9-,11-,12-,13+,15?/m0/s1. The van der Waals surface area contributed by atoms with E-state index in [1.165, 1.54) is 24.8 Å². The molecule has 16 heavy (non-hydrogen) atoms. The van der Waals surface area contributed by atoms with Gasteiger partial charge in [-0.1, -0.05) is 27.4 Å². The molecule has 0 radical (unpaired) electrons. The lowest BCUT2D eigenvalue weighted by Gasteiger charge is -2.42. The van der Waals surface area contributed by atoms with Crippen LogP contribution in [0.15, 0.2) is 12.2 Å². The van der Waals surface area contributed by atoms with Crippen molar-refractivity contribution in [3.8, 4) is 0 Å². The first-order valence-corrected chi connectivity index (χ1v) is 6.77. The van der Waals surface area contributed by atoms with Gasteiger partial charge in [0.1, 0.15) is 0 Å². The Balaban J connectivity index is 2.11. The molecule has 3 aliphatic rings. The molecule has 5 atom stereocenters. The van der Waals surface area contributed by atoms with Gasteiger partial charge in [0.15, 0.2) is 0 Å². The average molecular weight is 220 g/mol. The van der Waals surface area contributed by atoms with Gasteiger partial charge in [0.25, 0.3) is 0 Å². The minimum atomic E-state index is -0.218. The number of rotatable bonds is 0. The molecule has 0 aliphatic heterocycles. The maximum atomic E-state index is 10.1. The molecule has 0 spiro atoms. The lowest BCUT2D eigenvalue weighted by Crippen LogP contribution is -2.35. The summed E-state index contributed by atoms with van der Waals surface area (Å²) < 4.78 is 0. The Morgan fingerprint density at radius 2 is 1.94 bits per heavy atom. The minimum Gasteiger partial charge on any atom is -0.389 e. The van der Waals surface area contributed by atoms with Crippen LogP contribution in [0, 0.1) is 28.6 Å². The van der Waals surface area contributed by atoms with Crippen LogP contribution in [0.1, 0.15) is 46.5 Å². The second kappa shape index (κ2) is 2.93. The van der Waals surface area contributed by atoms with Crippen molar-refractivity contribution >= 4 is 0 Å². The Hall–Kier alpha value is -0.300. The van der Waals surface area contributed by atoms with E-state index in [0.717, 1.165) is 18.3 Å². The molecule has 2 bridgehead atoms. The normalized spacial score (nSPS) is 54.1. The lowest BCUT2D eigenvalue weighted by atomic mass is 9.62. The number of aliphatic hydroxyl groups excluding tert-OH is 1. The summed E-state index contributed by atoms with van der Waals surface area (Å²) in [5.74, 6) is 2.26. The topological polar surface area (TPSA) is 20.2 Å². The molecule has 0 aromatic carbocycles. The van der Waals surface area contributed by atoms with Gasteiger partial charge in [-0.25, -0.2) is 0 Å². The highest BCUT2D eigenvalue weighted by molar-refractivity contribution is 5.31. The molecule has 0 amide bonds. The zero-order valence-corrected chi connectivity index (χ0v) is 10.8. The zero-order valence-electron chi connectivity index (χ0n) is 10.8. The Bertz CT molecular complexity index is 343. The van der Waals surface area contributed by atoms with Crippen LogP contribution in [0.2, 0.25) is 0 Å². The molecule has 90 valence electrons. The second-order valence-corrected chi connectivity index (χ2v) is 7.17. The molecule has 1 heteroatoms. The first kappa shape index (κ1) is 10.8. The van der Waals surface area contributed by atoms with Crippen LogP contribution in [-0.4, -0.2) is 11.2 Å². The molecule has 3 rings (SSSR count). The Labute approximate surface area is 98.9 Å². The number of hydrogen-bond donors (Lipinski definition) is 1. The number of aliphatic hydroxyl groups is 1. The Morgan fingerprint density at radius 1 is 1.25 bits per heavy atom. The van der Waals surface area contributed by atoms with Gasteiger partial charge in [0, 0.05) is 0 Å². The summed E-state index contributed by atoms with van der Waals surface area (Å²) in [5.41, 5.74) is 1.91. The maximum absolute atomic E-state index is 10.1. The van der Waals surface area contributed by atoms with E-state index < -0.39 is 0 Å². The van der Waals surface area contributed by atoms with E-state index in [1.54, 1.807) is 0 Å². The van der Waals surface area contributed by atoms with Crippen LogP contribution in [0.4, 0.5) is 0 Å². The van der Waals surface area contributed by atoms with E-state index in [1.807, 2.05) is 0 Å². The highest BCUT2D eigenvalue weighted by Gasteiger charge is 2.66. The summed E-state index contributed by atoms with van der Waals surface area (Å²) in [6.07, 6.45) is 4.71. The van der Waals surface area contributed by atoms with Crippen LogP contribution >= 0.6 is 0 Å². The van der Waals surface area contributed by atoms with Gasteiger partial charge in [-0.3, -0.25) is 0 Å². The second-order valence-electron chi connectivity index (χ2n) is 7.17. The molecule has 3 aliphatic carbocycles. The molecule has 0 aromatic heterocycles. The highest BCUT2D eigenvalue weighted by atomic mass is 16.3. The summed E-state index contributed by atoms with van der Waals surface area (Å²) >= 11 is 0. The van der Waals surface area contributed by atoms with E-state index in [9.17, 15) is 5.11 Å². The van der Waals surface area contributed by atoms with Crippen LogP contribution < -0.4 is 0 Å². The predicted octanol–water partition coefficient (Wildman–Crippen LogP) is 3.39. The van der Waals surface area contributed by atoms with Crippen molar-refractivity contribution in [2.75, 3.05) is 0 Å². The maximum Gasteiger partial charge on any atom is 0.0756 e. The molecule has 0 saturated heterocycles. The SMILES string of the molecule is C=C1[C@H](O)C[C@H]2[C@@H]3CC[C@H](C)C12CC3(C)C. The smallest absolute Gasteiger partial charge is 0.0756 e. The van der Waals surface area contributed by atoms with E-state index in [-0.39, 0.29) is 11.5 Å².